The number of aromatic nitrogens is 3. The first-order chi connectivity index (χ1) is 8.70. The average Bonchev–Trinajstić information content (AvgIpc) is 2.81. The molecule has 1 aromatic carbocycles. The van der Waals surface area contributed by atoms with Crippen molar-refractivity contribution in [1.82, 2.24) is 14.8 Å². The molecule has 0 spiro atoms. The summed E-state index contributed by atoms with van der Waals surface area (Å²) in [6.45, 7) is 1.87. The van der Waals surface area contributed by atoms with Crippen LogP contribution in [0.2, 0.25) is 0 Å². The van der Waals surface area contributed by atoms with Crippen LogP contribution in [-0.2, 0) is 12.8 Å². The van der Waals surface area contributed by atoms with Crippen LogP contribution in [0.5, 0.6) is 0 Å². The maximum Gasteiger partial charge on any atom is 0.162 e. The molecule has 94 valence electrons. The van der Waals surface area contributed by atoms with Crippen LogP contribution in [0.3, 0.4) is 0 Å². The summed E-state index contributed by atoms with van der Waals surface area (Å²) in [4.78, 5) is 12.6. The second-order valence-corrected chi connectivity index (χ2v) is 5.00. The largest absolute Gasteiger partial charge is 0.320 e. The Morgan fingerprint density at radius 3 is 2.61 bits per heavy atom. The van der Waals surface area contributed by atoms with Crippen molar-refractivity contribution in [2.24, 2.45) is 7.05 Å². The van der Waals surface area contributed by atoms with E-state index in [4.69, 9.17) is 0 Å². The summed E-state index contributed by atoms with van der Waals surface area (Å²) in [5.74, 6) is 1.89. The highest BCUT2D eigenvalue weighted by atomic mass is 32.2. The van der Waals surface area contributed by atoms with E-state index in [0.717, 1.165) is 22.0 Å². The zero-order valence-electron chi connectivity index (χ0n) is 10.5. The predicted octanol–water partition coefficient (Wildman–Crippen LogP) is 2.70. The number of hydrogen-bond donors (Lipinski definition) is 0. The van der Waals surface area contributed by atoms with Crippen molar-refractivity contribution >= 4 is 17.5 Å². The van der Waals surface area contributed by atoms with Crippen molar-refractivity contribution < 1.29 is 4.79 Å². The standard InChI is InChI=1S/C13H15N3OS/c1-3-12(17)10-4-6-11(7-5-10)18-8-13-15-14-9-16(13)2/h4-7,9H,3,8H2,1-2H3. The summed E-state index contributed by atoms with van der Waals surface area (Å²) in [5, 5.41) is 7.87. The van der Waals surface area contributed by atoms with Gasteiger partial charge in [0, 0.05) is 23.9 Å². The molecule has 0 fully saturated rings. The van der Waals surface area contributed by atoms with E-state index in [1.54, 1.807) is 18.1 Å². The van der Waals surface area contributed by atoms with Crippen LogP contribution < -0.4 is 0 Å². The van der Waals surface area contributed by atoms with Crippen LogP contribution in [0.25, 0.3) is 0 Å². The quantitative estimate of drug-likeness (QED) is 0.613. The van der Waals surface area contributed by atoms with Crippen molar-refractivity contribution in [2.75, 3.05) is 0 Å². The van der Waals surface area contributed by atoms with Crippen LogP contribution >= 0.6 is 11.8 Å². The van der Waals surface area contributed by atoms with E-state index in [1.807, 2.05) is 42.8 Å². The normalized spacial score (nSPS) is 10.6. The minimum atomic E-state index is 0.180. The Balaban J connectivity index is 1.98. The lowest BCUT2D eigenvalue weighted by molar-refractivity contribution is 0.0988. The van der Waals surface area contributed by atoms with Gasteiger partial charge < -0.3 is 4.57 Å². The minimum Gasteiger partial charge on any atom is -0.320 e. The van der Waals surface area contributed by atoms with Crippen LogP contribution in [0.4, 0.5) is 0 Å². The molecule has 0 amide bonds. The van der Waals surface area contributed by atoms with E-state index in [0.29, 0.717) is 6.42 Å². The smallest absolute Gasteiger partial charge is 0.162 e. The van der Waals surface area contributed by atoms with Crippen LogP contribution in [-0.4, -0.2) is 20.5 Å². The molecule has 18 heavy (non-hydrogen) atoms. The topological polar surface area (TPSA) is 47.8 Å². The van der Waals surface area contributed by atoms with E-state index in [2.05, 4.69) is 10.2 Å². The number of aryl methyl sites for hydroxylation is 1. The Hall–Kier alpha value is -1.62. The van der Waals surface area contributed by atoms with Crippen molar-refractivity contribution in [3.8, 4) is 0 Å². The average molecular weight is 261 g/mol. The zero-order chi connectivity index (χ0) is 13.0. The van der Waals surface area contributed by atoms with Crippen LogP contribution in [0, 0.1) is 0 Å². The molecule has 2 aromatic rings. The minimum absolute atomic E-state index is 0.180. The first-order valence-electron chi connectivity index (χ1n) is 5.79. The lowest BCUT2D eigenvalue weighted by Crippen LogP contribution is -1.96. The molecule has 4 nitrogen and oxygen atoms in total. The Labute approximate surface area is 110 Å². The number of nitrogens with zero attached hydrogens (tertiary/aromatic N) is 3. The Bertz CT molecular complexity index is 533. The van der Waals surface area contributed by atoms with Gasteiger partial charge in [-0.15, -0.1) is 22.0 Å². The van der Waals surface area contributed by atoms with E-state index >= 15 is 0 Å². The van der Waals surface area contributed by atoms with Crippen molar-refractivity contribution in [2.45, 2.75) is 24.0 Å². The molecule has 0 aliphatic rings. The first kappa shape index (κ1) is 12.8. The number of carbonyl (C=O) groups excluding carboxylic acids is 1. The molecular formula is C13H15N3OS. The van der Waals surface area contributed by atoms with Crippen molar-refractivity contribution in [1.29, 1.82) is 0 Å². The van der Waals surface area contributed by atoms with Gasteiger partial charge in [0.25, 0.3) is 0 Å². The molecule has 0 aliphatic carbocycles. The number of benzene rings is 1. The van der Waals surface area contributed by atoms with Gasteiger partial charge in [-0.05, 0) is 12.1 Å². The third-order valence-corrected chi connectivity index (χ3v) is 3.68. The number of thioether (sulfide) groups is 1. The summed E-state index contributed by atoms with van der Waals surface area (Å²) in [6, 6.07) is 7.71. The van der Waals surface area contributed by atoms with Gasteiger partial charge >= 0.3 is 0 Å². The molecule has 2 rings (SSSR count). The Kier molecular flexibility index (Phi) is 4.15. The molecular weight excluding hydrogens is 246 g/mol. The SMILES string of the molecule is CCC(=O)c1ccc(SCc2nncn2C)cc1. The second kappa shape index (κ2) is 5.82. The lowest BCUT2D eigenvalue weighted by atomic mass is 10.1. The third-order valence-electron chi connectivity index (χ3n) is 2.67. The van der Waals surface area contributed by atoms with Gasteiger partial charge in [-0.2, -0.15) is 0 Å². The molecule has 5 heteroatoms. The third kappa shape index (κ3) is 2.98. The molecule has 0 saturated heterocycles. The van der Waals surface area contributed by atoms with E-state index < -0.39 is 0 Å². The summed E-state index contributed by atoms with van der Waals surface area (Å²) >= 11 is 1.69. The molecule has 0 N–H and O–H groups in total. The Morgan fingerprint density at radius 2 is 2.06 bits per heavy atom. The predicted molar refractivity (Wildman–Crippen MR) is 71.6 cm³/mol. The molecule has 0 radical (unpaired) electrons. The number of hydrogen-bond acceptors (Lipinski definition) is 4. The van der Waals surface area contributed by atoms with E-state index in [-0.39, 0.29) is 5.78 Å². The summed E-state index contributed by atoms with van der Waals surface area (Å²) in [6.07, 6.45) is 2.24. The number of carbonyl (C=O) groups is 1. The van der Waals surface area contributed by atoms with Crippen molar-refractivity contribution in [3.63, 3.8) is 0 Å². The fourth-order valence-electron chi connectivity index (χ4n) is 1.53. The molecule has 0 bridgehead atoms. The maximum atomic E-state index is 11.5. The van der Waals surface area contributed by atoms with E-state index in [1.165, 1.54) is 0 Å². The maximum absolute atomic E-state index is 11.5. The summed E-state index contributed by atoms with van der Waals surface area (Å²) < 4.78 is 1.90. The summed E-state index contributed by atoms with van der Waals surface area (Å²) in [7, 11) is 1.93. The highest BCUT2D eigenvalue weighted by Crippen LogP contribution is 2.22. The molecule has 1 heterocycles. The fourth-order valence-corrected chi connectivity index (χ4v) is 2.41. The van der Waals surface area contributed by atoms with Crippen LogP contribution in [0.15, 0.2) is 35.5 Å². The van der Waals surface area contributed by atoms with Gasteiger partial charge in [-0.1, -0.05) is 19.1 Å². The molecule has 0 unspecified atom stereocenters. The number of Topliss-reactive ketones (excluding diaryl/α,β-unsaturated/α-hetero) is 1. The molecule has 0 saturated carbocycles. The van der Waals surface area contributed by atoms with Gasteiger partial charge in [0.15, 0.2) is 5.78 Å². The highest BCUT2D eigenvalue weighted by molar-refractivity contribution is 7.98. The molecule has 1 aromatic heterocycles. The van der Waals surface area contributed by atoms with E-state index in [9.17, 15) is 4.79 Å². The van der Waals surface area contributed by atoms with Gasteiger partial charge in [0.2, 0.25) is 0 Å². The molecule has 0 atom stereocenters. The first-order valence-corrected chi connectivity index (χ1v) is 6.78. The van der Waals surface area contributed by atoms with Gasteiger partial charge in [-0.3, -0.25) is 4.79 Å². The van der Waals surface area contributed by atoms with Crippen molar-refractivity contribution in [3.05, 3.63) is 42.0 Å². The number of ketones is 1. The highest BCUT2D eigenvalue weighted by Gasteiger charge is 2.04. The monoisotopic (exact) mass is 261 g/mol. The summed E-state index contributed by atoms with van der Waals surface area (Å²) in [5.41, 5.74) is 0.778. The molecule has 0 aliphatic heterocycles. The lowest BCUT2D eigenvalue weighted by Gasteiger charge is -2.03. The second-order valence-electron chi connectivity index (χ2n) is 3.95. The Morgan fingerprint density at radius 1 is 1.33 bits per heavy atom. The van der Waals surface area contributed by atoms with Gasteiger partial charge in [0.05, 0.1) is 5.75 Å². The zero-order valence-corrected chi connectivity index (χ0v) is 11.3. The fraction of sp³-hybridized carbons (Fsp3) is 0.308. The van der Waals surface area contributed by atoms with Gasteiger partial charge in [-0.25, -0.2) is 0 Å². The number of rotatable bonds is 5. The van der Waals surface area contributed by atoms with Crippen LogP contribution in [0.1, 0.15) is 29.5 Å². The van der Waals surface area contributed by atoms with Gasteiger partial charge in [0.1, 0.15) is 12.2 Å².